The molecule has 35 heavy (non-hydrogen) atoms. The van der Waals surface area contributed by atoms with E-state index in [1.54, 1.807) is 5.32 Å². The van der Waals surface area contributed by atoms with Crippen LogP contribution in [0.15, 0.2) is 35.4 Å². The molecule has 0 saturated carbocycles. The maximum Gasteiger partial charge on any atom is 0.573 e. The van der Waals surface area contributed by atoms with Gasteiger partial charge in [0.2, 0.25) is 0 Å². The molecule has 2 N–H and O–H groups in total. The summed E-state index contributed by atoms with van der Waals surface area (Å²) in [6, 6.07) is 3.15. The third-order valence-electron chi connectivity index (χ3n) is 4.86. The van der Waals surface area contributed by atoms with Crippen LogP contribution in [-0.4, -0.2) is 28.6 Å². The van der Waals surface area contributed by atoms with Crippen LogP contribution < -0.4 is 14.8 Å². The number of nitrogens with one attached hydrogen (secondary N) is 2. The van der Waals surface area contributed by atoms with Crippen LogP contribution in [0.2, 0.25) is 0 Å². The topological polar surface area (TPSA) is 84.5 Å². The second kappa shape index (κ2) is 10.1. The lowest BCUT2D eigenvalue weighted by molar-refractivity contribution is -0.274. The zero-order chi connectivity index (χ0) is 26.1. The Hall–Kier alpha value is -3.42. The van der Waals surface area contributed by atoms with E-state index >= 15 is 0 Å². The standard InChI is InChI=1S/C21H15F7N2O4S/c1-35(33)30-20(32)12-7-3-6-11(12)19(31)29-18-16(24)14(22)13(15(23)17(18)25)9-4-2-5-10(8-9)34-21(26,27)28/h2,4-5,8H,3,6-7H2,1H3,(H,29,31)(H,30,32). The van der Waals surface area contributed by atoms with Crippen LogP contribution in [0.4, 0.5) is 36.4 Å². The SMILES string of the molecule is CS(=O)NC(=O)C1=C(C(=O)Nc2c(F)c(F)c(-c3cccc(OC(F)(F)F)c3)c(F)c2F)CCC1. The quantitative estimate of drug-likeness (QED) is 0.426. The smallest absolute Gasteiger partial charge is 0.406 e. The lowest BCUT2D eigenvalue weighted by Crippen LogP contribution is -2.28. The molecule has 6 nitrogen and oxygen atoms in total. The van der Waals surface area contributed by atoms with Crippen molar-refractivity contribution in [3.05, 3.63) is 58.7 Å². The highest BCUT2D eigenvalue weighted by atomic mass is 32.2. The minimum Gasteiger partial charge on any atom is -0.406 e. The van der Waals surface area contributed by atoms with Crippen LogP contribution in [0.1, 0.15) is 19.3 Å². The van der Waals surface area contributed by atoms with E-state index in [9.17, 15) is 44.5 Å². The summed E-state index contributed by atoms with van der Waals surface area (Å²) in [5, 5.41) is 1.71. The molecular formula is C21H15F7N2O4S. The van der Waals surface area contributed by atoms with Gasteiger partial charge in [-0.15, -0.1) is 13.2 Å². The van der Waals surface area contributed by atoms with E-state index in [1.807, 2.05) is 0 Å². The molecule has 0 radical (unpaired) electrons. The first kappa shape index (κ1) is 26.2. The first-order valence-electron chi connectivity index (χ1n) is 9.70. The van der Waals surface area contributed by atoms with Crippen molar-refractivity contribution in [1.29, 1.82) is 0 Å². The molecule has 0 bridgehead atoms. The number of benzene rings is 2. The Morgan fingerprint density at radius 2 is 1.51 bits per heavy atom. The highest BCUT2D eigenvalue weighted by Gasteiger charge is 2.33. The maximum absolute atomic E-state index is 14.7. The summed E-state index contributed by atoms with van der Waals surface area (Å²) >= 11 is 0. The van der Waals surface area contributed by atoms with Gasteiger partial charge < -0.3 is 10.1 Å². The van der Waals surface area contributed by atoms with Crippen molar-refractivity contribution in [3.8, 4) is 16.9 Å². The number of alkyl halides is 3. The van der Waals surface area contributed by atoms with Gasteiger partial charge in [-0.1, -0.05) is 12.1 Å². The zero-order valence-electron chi connectivity index (χ0n) is 17.6. The summed E-state index contributed by atoms with van der Waals surface area (Å²) in [6.07, 6.45) is -3.56. The van der Waals surface area contributed by atoms with Gasteiger partial charge in [-0.2, -0.15) is 0 Å². The second-order valence-electron chi connectivity index (χ2n) is 7.23. The molecule has 1 aliphatic rings. The predicted molar refractivity (Wildman–Crippen MR) is 110 cm³/mol. The van der Waals surface area contributed by atoms with E-state index in [4.69, 9.17) is 0 Å². The molecule has 3 rings (SSSR count). The number of ether oxygens (including phenoxy) is 1. The molecular weight excluding hydrogens is 509 g/mol. The van der Waals surface area contributed by atoms with Crippen LogP contribution in [0.3, 0.4) is 0 Å². The van der Waals surface area contributed by atoms with Crippen LogP contribution in [-0.2, 0) is 20.6 Å². The Kier molecular flexibility index (Phi) is 7.53. The number of amides is 2. The summed E-state index contributed by atoms with van der Waals surface area (Å²) < 4.78 is 113. The highest BCUT2D eigenvalue weighted by Crippen LogP contribution is 2.37. The molecule has 1 aliphatic carbocycles. The lowest BCUT2D eigenvalue weighted by atomic mass is 10.0. The number of carbonyl (C=O) groups excluding carboxylic acids is 2. The summed E-state index contributed by atoms with van der Waals surface area (Å²) in [4.78, 5) is 24.6. The first-order chi connectivity index (χ1) is 16.3. The van der Waals surface area contributed by atoms with E-state index in [1.165, 1.54) is 0 Å². The number of hydrogen-bond acceptors (Lipinski definition) is 4. The summed E-state index contributed by atoms with van der Waals surface area (Å²) in [5.41, 5.74) is -3.79. The monoisotopic (exact) mass is 524 g/mol. The molecule has 0 aliphatic heterocycles. The Labute approximate surface area is 195 Å². The van der Waals surface area contributed by atoms with Crippen molar-refractivity contribution in [1.82, 2.24) is 4.72 Å². The third-order valence-corrected chi connectivity index (χ3v) is 5.33. The molecule has 2 aromatic rings. The van der Waals surface area contributed by atoms with Gasteiger partial charge in [-0.05, 0) is 37.0 Å². The van der Waals surface area contributed by atoms with E-state index in [-0.39, 0.29) is 24.0 Å². The summed E-state index contributed by atoms with van der Waals surface area (Å²) in [5.74, 6) is -10.9. The molecule has 0 fully saturated rings. The van der Waals surface area contributed by atoms with Crippen LogP contribution in [0, 0.1) is 23.3 Å². The fourth-order valence-electron chi connectivity index (χ4n) is 3.47. The molecule has 1 atom stereocenters. The average molecular weight is 524 g/mol. The largest absolute Gasteiger partial charge is 0.573 e. The highest BCUT2D eigenvalue weighted by molar-refractivity contribution is 7.82. The Morgan fingerprint density at radius 3 is 2.06 bits per heavy atom. The Morgan fingerprint density at radius 1 is 0.943 bits per heavy atom. The minimum absolute atomic E-state index is 0.00319. The van der Waals surface area contributed by atoms with Crippen molar-refractivity contribution < 1.29 is 49.3 Å². The third kappa shape index (κ3) is 5.81. The first-order valence-corrected chi connectivity index (χ1v) is 11.3. The van der Waals surface area contributed by atoms with E-state index in [2.05, 4.69) is 9.46 Å². The Balaban J connectivity index is 1.99. The maximum atomic E-state index is 14.7. The van der Waals surface area contributed by atoms with Crippen molar-refractivity contribution in [2.75, 3.05) is 11.6 Å². The molecule has 188 valence electrons. The number of halogens is 7. The van der Waals surface area contributed by atoms with Gasteiger partial charge >= 0.3 is 6.36 Å². The number of hydrogen-bond donors (Lipinski definition) is 2. The normalized spacial score (nSPS) is 14.6. The molecule has 0 aromatic heterocycles. The van der Waals surface area contributed by atoms with Crippen LogP contribution in [0.25, 0.3) is 11.1 Å². The molecule has 2 amide bonds. The van der Waals surface area contributed by atoms with Crippen LogP contribution in [0.5, 0.6) is 5.75 Å². The van der Waals surface area contributed by atoms with E-state index in [0.717, 1.165) is 24.5 Å². The van der Waals surface area contributed by atoms with Gasteiger partial charge in [-0.3, -0.25) is 14.3 Å². The lowest BCUT2D eigenvalue weighted by Gasteiger charge is -2.15. The molecule has 14 heteroatoms. The molecule has 2 aromatic carbocycles. The van der Waals surface area contributed by atoms with Crippen molar-refractivity contribution in [3.63, 3.8) is 0 Å². The van der Waals surface area contributed by atoms with Gasteiger partial charge in [0, 0.05) is 17.4 Å². The zero-order valence-corrected chi connectivity index (χ0v) is 18.4. The van der Waals surface area contributed by atoms with E-state index in [0.29, 0.717) is 12.5 Å². The summed E-state index contributed by atoms with van der Waals surface area (Å²) in [7, 11) is -1.76. The van der Waals surface area contributed by atoms with Gasteiger partial charge in [0.25, 0.3) is 11.8 Å². The fourth-order valence-corrected chi connectivity index (χ4v) is 3.85. The van der Waals surface area contributed by atoms with Gasteiger partial charge in [0.05, 0.1) is 5.56 Å². The number of carbonyl (C=O) groups is 2. The minimum atomic E-state index is -5.13. The fraction of sp³-hybridized carbons (Fsp3) is 0.238. The van der Waals surface area contributed by atoms with Crippen molar-refractivity contribution >= 4 is 28.5 Å². The van der Waals surface area contributed by atoms with Gasteiger partial charge in [0.15, 0.2) is 23.3 Å². The Bertz CT molecular complexity index is 1230. The van der Waals surface area contributed by atoms with Crippen molar-refractivity contribution in [2.24, 2.45) is 0 Å². The summed E-state index contributed by atoms with van der Waals surface area (Å²) in [6.45, 7) is 0. The average Bonchev–Trinajstić information content (AvgIpc) is 3.24. The van der Waals surface area contributed by atoms with Crippen LogP contribution >= 0.6 is 0 Å². The van der Waals surface area contributed by atoms with Gasteiger partial charge in [-0.25, -0.2) is 21.8 Å². The van der Waals surface area contributed by atoms with E-state index < -0.39 is 75.0 Å². The second-order valence-corrected chi connectivity index (χ2v) is 8.34. The molecule has 1 unspecified atom stereocenters. The molecule has 0 heterocycles. The number of anilines is 1. The molecule has 0 spiro atoms. The van der Waals surface area contributed by atoms with Crippen molar-refractivity contribution in [2.45, 2.75) is 25.6 Å². The predicted octanol–water partition coefficient (Wildman–Crippen LogP) is 4.64. The molecule has 0 saturated heterocycles. The number of rotatable bonds is 6. The van der Waals surface area contributed by atoms with Gasteiger partial charge in [0.1, 0.15) is 22.4 Å².